The van der Waals surface area contributed by atoms with Crippen molar-refractivity contribution in [1.82, 2.24) is 25.5 Å². The highest BCUT2D eigenvalue weighted by molar-refractivity contribution is 7.15. The first kappa shape index (κ1) is 25.9. The molecule has 0 aliphatic rings. The molecule has 0 aliphatic carbocycles. The largest absolute Gasteiger partial charge is 0.416 e. The first-order chi connectivity index (χ1) is 15.5. The van der Waals surface area contributed by atoms with Crippen molar-refractivity contribution < 1.29 is 27.2 Å². The first-order valence-corrected chi connectivity index (χ1v) is 10.3. The van der Waals surface area contributed by atoms with Gasteiger partial charge < -0.3 is 21.4 Å². The molecule has 0 radical (unpaired) electrons. The third-order valence-electron chi connectivity index (χ3n) is 4.07. The third-order valence-corrected chi connectivity index (χ3v) is 4.97. The number of aryl methyl sites for hydroxylation is 1. The topological polar surface area (TPSA) is 152 Å². The summed E-state index contributed by atoms with van der Waals surface area (Å²) in [6.45, 7) is -0.218. The summed E-state index contributed by atoms with van der Waals surface area (Å²) in [5, 5.41) is 13.9. The van der Waals surface area contributed by atoms with Gasteiger partial charge in [0, 0.05) is 25.9 Å². The quantitative estimate of drug-likeness (QED) is 0.167. The Balaban J connectivity index is 1.82. The molecule has 1 unspecified atom stereocenters. The average molecular weight is 490 g/mol. The second kappa shape index (κ2) is 11.5. The van der Waals surface area contributed by atoms with Crippen LogP contribution in [0.4, 0.5) is 22.7 Å². The number of anilines is 1. The van der Waals surface area contributed by atoms with Gasteiger partial charge in [0.2, 0.25) is 11.0 Å². The van der Waals surface area contributed by atoms with Gasteiger partial charge in [0.05, 0.1) is 24.2 Å². The van der Waals surface area contributed by atoms with E-state index in [-0.39, 0.29) is 42.3 Å². The zero-order chi connectivity index (χ0) is 24.6. The van der Waals surface area contributed by atoms with E-state index in [4.69, 9.17) is 11.6 Å². The molecule has 15 heteroatoms. The minimum Gasteiger partial charge on any atom is -0.393 e. The molecule has 0 saturated heterocycles. The maximum atomic E-state index is 14.2. The summed E-state index contributed by atoms with van der Waals surface area (Å²) in [6, 6.07) is 1.61. The van der Waals surface area contributed by atoms with Crippen LogP contribution in [0.1, 0.15) is 22.7 Å². The van der Waals surface area contributed by atoms with Gasteiger partial charge in [-0.3, -0.25) is 14.6 Å². The lowest BCUT2D eigenvalue weighted by molar-refractivity contribution is -0.137. The van der Waals surface area contributed by atoms with E-state index in [1.807, 2.05) is 0 Å². The monoisotopic (exact) mass is 490 g/mol. The lowest BCUT2D eigenvalue weighted by Gasteiger charge is -2.17. The Morgan fingerprint density at radius 1 is 1.33 bits per heavy atom. The molecule has 2 heterocycles. The molecule has 2 rings (SSSR count). The first-order valence-electron chi connectivity index (χ1n) is 9.47. The smallest absolute Gasteiger partial charge is 0.393 e. The molecule has 2 amide bonds. The van der Waals surface area contributed by atoms with Crippen molar-refractivity contribution in [2.24, 2.45) is 11.6 Å². The van der Waals surface area contributed by atoms with Crippen LogP contribution in [-0.2, 0) is 28.6 Å². The Morgan fingerprint density at radius 2 is 2.06 bits per heavy atom. The van der Waals surface area contributed by atoms with E-state index in [0.29, 0.717) is 5.01 Å². The number of nitrogens with one attached hydrogen (secondary N) is 2. The lowest BCUT2D eigenvalue weighted by atomic mass is 10.2. The average Bonchev–Trinajstić information content (AvgIpc) is 3.18. The summed E-state index contributed by atoms with van der Waals surface area (Å²) >= 11 is 1.01. The Hall–Kier alpha value is -3.33. The summed E-state index contributed by atoms with van der Waals surface area (Å²) in [7, 11) is 1.39. The van der Waals surface area contributed by atoms with Crippen molar-refractivity contribution >= 4 is 28.3 Å². The molecule has 2 aromatic rings. The van der Waals surface area contributed by atoms with Crippen molar-refractivity contribution in [3.63, 3.8) is 0 Å². The number of carbonyl (C=O) groups is 2. The van der Waals surface area contributed by atoms with Gasteiger partial charge in [-0.05, 0) is 18.6 Å². The van der Waals surface area contributed by atoms with Gasteiger partial charge in [0.25, 0.3) is 5.91 Å². The molecule has 0 saturated carbocycles. The molecule has 0 bridgehead atoms. The molecule has 10 nitrogen and oxygen atoms in total. The highest BCUT2D eigenvalue weighted by atomic mass is 32.1. The van der Waals surface area contributed by atoms with Crippen LogP contribution in [0.15, 0.2) is 30.2 Å². The fourth-order valence-electron chi connectivity index (χ4n) is 2.52. The van der Waals surface area contributed by atoms with E-state index in [1.165, 1.54) is 7.05 Å². The molecule has 0 spiro atoms. The van der Waals surface area contributed by atoms with Gasteiger partial charge in [0.1, 0.15) is 16.9 Å². The number of hydrogen-bond donors (Lipinski definition) is 4. The molecule has 6 N–H and O–H groups in total. The lowest BCUT2D eigenvalue weighted by Crippen LogP contribution is -2.35. The van der Waals surface area contributed by atoms with Crippen molar-refractivity contribution in [2.75, 3.05) is 18.9 Å². The third kappa shape index (κ3) is 8.61. The molecule has 33 heavy (non-hydrogen) atoms. The van der Waals surface area contributed by atoms with Gasteiger partial charge >= 0.3 is 6.18 Å². The number of nitrogens with zero attached hydrogens (tertiary/aromatic N) is 4. The van der Waals surface area contributed by atoms with E-state index in [0.717, 1.165) is 40.9 Å². The zero-order valence-electron chi connectivity index (χ0n) is 17.4. The highest BCUT2D eigenvalue weighted by Gasteiger charge is 2.30. The van der Waals surface area contributed by atoms with E-state index in [1.54, 1.807) is 0 Å². The number of likely N-dealkylation sites (N-methyl/N-ethyl adjacent to an activating group) is 1. The van der Waals surface area contributed by atoms with E-state index in [9.17, 15) is 27.2 Å². The molecule has 0 aromatic carbocycles. The molecule has 180 valence electrons. The van der Waals surface area contributed by atoms with Crippen molar-refractivity contribution in [3.8, 4) is 0 Å². The number of alkyl halides is 4. The molecular formula is C18H22F4N8O2S. The Bertz CT molecular complexity index is 998. The summed E-state index contributed by atoms with van der Waals surface area (Å²) in [5.41, 5.74) is 4.37. The molecule has 0 aliphatic heterocycles. The van der Waals surface area contributed by atoms with Crippen molar-refractivity contribution in [3.05, 3.63) is 46.5 Å². The Labute approximate surface area is 190 Å². The predicted molar refractivity (Wildman–Crippen MR) is 112 cm³/mol. The molecule has 1 atom stereocenters. The van der Waals surface area contributed by atoms with Crippen LogP contribution in [0.25, 0.3) is 0 Å². The van der Waals surface area contributed by atoms with Gasteiger partial charge in [0.15, 0.2) is 0 Å². The second-order valence-corrected chi connectivity index (χ2v) is 7.82. The number of carbonyl (C=O) groups excluding carboxylic acids is 2. The summed E-state index contributed by atoms with van der Waals surface area (Å²) in [5.74, 6) is 4.44. The SMILES string of the molecule is CNC(=O)/C(N)=C/N(N)CC(F)CCc1nnc(NC(=O)Cc2cc(C(F)(F)F)ccn2)s1. The second-order valence-electron chi connectivity index (χ2n) is 6.76. The van der Waals surface area contributed by atoms with Crippen molar-refractivity contribution in [2.45, 2.75) is 31.6 Å². The summed E-state index contributed by atoms with van der Waals surface area (Å²) < 4.78 is 52.4. The number of nitrogens with two attached hydrogens (primary N) is 2. The summed E-state index contributed by atoms with van der Waals surface area (Å²) in [4.78, 5) is 27.1. The number of aromatic nitrogens is 3. The fourth-order valence-corrected chi connectivity index (χ4v) is 3.29. The Morgan fingerprint density at radius 3 is 2.73 bits per heavy atom. The molecular weight excluding hydrogens is 468 g/mol. The van der Waals surface area contributed by atoms with Crippen LogP contribution >= 0.6 is 11.3 Å². The normalized spacial score (nSPS) is 12.8. The van der Waals surface area contributed by atoms with Crippen LogP contribution in [0.5, 0.6) is 0 Å². The maximum absolute atomic E-state index is 14.2. The van der Waals surface area contributed by atoms with Crippen LogP contribution in [-0.4, -0.2) is 51.8 Å². The van der Waals surface area contributed by atoms with Crippen LogP contribution < -0.4 is 22.2 Å². The van der Waals surface area contributed by atoms with Gasteiger partial charge in [-0.1, -0.05) is 11.3 Å². The number of hydrazine groups is 1. The number of pyridine rings is 1. The molecule has 2 aromatic heterocycles. The standard InChI is InChI=1S/C18H22F4N8O2S/c1-25-16(32)13(23)9-30(24)8-11(19)2-3-15-28-29-17(33-15)27-14(31)7-12-6-10(4-5-26-12)18(20,21)22/h4-6,9,11H,2-3,7-8,23-24H2,1H3,(H,25,32)(H,27,29,31)/b13-9-. The number of rotatable bonds is 10. The van der Waals surface area contributed by atoms with Crippen molar-refractivity contribution in [1.29, 1.82) is 0 Å². The van der Waals surface area contributed by atoms with Gasteiger partial charge in [-0.15, -0.1) is 10.2 Å². The minimum absolute atomic E-state index is 0.0398. The van der Waals surface area contributed by atoms with Gasteiger partial charge in [-0.25, -0.2) is 10.2 Å². The van der Waals surface area contributed by atoms with E-state index >= 15 is 0 Å². The van der Waals surface area contributed by atoms with Crippen LogP contribution in [0.2, 0.25) is 0 Å². The van der Waals surface area contributed by atoms with Crippen LogP contribution in [0, 0.1) is 0 Å². The summed E-state index contributed by atoms with van der Waals surface area (Å²) in [6.07, 6.45) is -3.95. The van der Waals surface area contributed by atoms with Crippen LogP contribution in [0.3, 0.4) is 0 Å². The number of amides is 2. The fraction of sp³-hybridized carbons (Fsp3) is 0.389. The number of hydrogen-bond acceptors (Lipinski definition) is 9. The van der Waals surface area contributed by atoms with E-state index < -0.39 is 29.7 Å². The molecule has 0 fully saturated rings. The predicted octanol–water partition coefficient (Wildman–Crippen LogP) is 1.13. The zero-order valence-corrected chi connectivity index (χ0v) is 18.2. The maximum Gasteiger partial charge on any atom is 0.416 e. The Kier molecular flexibility index (Phi) is 9.04. The number of halogens is 4. The minimum atomic E-state index is -4.54. The van der Waals surface area contributed by atoms with Gasteiger partial charge in [-0.2, -0.15) is 13.2 Å². The van der Waals surface area contributed by atoms with E-state index in [2.05, 4.69) is 25.8 Å². The highest BCUT2D eigenvalue weighted by Crippen LogP contribution is 2.29.